The van der Waals surface area contributed by atoms with Crippen LogP contribution in [0.4, 0.5) is 0 Å². The number of hydrogen-bond acceptors (Lipinski definition) is 6. The standard InChI is InChI=1S/C17H20O6/c1-5-8-21-13-7-6-11(10-14(13)20-4)9-12-15(18)22-17(2,3)23-16(12)19/h6-7,9-10H,5,8H2,1-4H3. The molecular weight excluding hydrogens is 300 g/mol. The highest BCUT2D eigenvalue weighted by atomic mass is 16.7. The average molecular weight is 320 g/mol. The second-order valence-corrected chi connectivity index (χ2v) is 5.50. The van der Waals surface area contributed by atoms with Gasteiger partial charge in [0.15, 0.2) is 11.5 Å². The van der Waals surface area contributed by atoms with Gasteiger partial charge in [0.25, 0.3) is 5.79 Å². The van der Waals surface area contributed by atoms with Crippen molar-refractivity contribution in [2.45, 2.75) is 33.0 Å². The smallest absolute Gasteiger partial charge is 0.348 e. The van der Waals surface area contributed by atoms with Crippen LogP contribution in [0.1, 0.15) is 32.8 Å². The molecule has 0 amide bonds. The molecule has 0 atom stereocenters. The Morgan fingerprint density at radius 2 is 1.78 bits per heavy atom. The molecule has 0 aliphatic carbocycles. The van der Waals surface area contributed by atoms with Crippen LogP contribution in [-0.2, 0) is 19.1 Å². The molecule has 1 saturated heterocycles. The van der Waals surface area contributed by atoms with Crippen LogP contribution < -0.4 is 9.47 Å². The molecule has 1 aromatic rings. The van der Waals surface area contributed by atoms with E-state index in [2.05, 4.69) is 0 Å². The van der Waals surface area contributed by atoms with Crippen LogP contribution in [0.15, 0.2) is 23.8 Å². The molecule has 6 heteroatoms. The summed E-state index contributed by atoms with van der Waals surface area (Å²) < 4.78 is 20.9. The van der Waals surface area contributed by atoms with Crippen molar-refractivity contribution in [2.24, 2.45) is 0 Å². The molecule has 1 fully saturated rings. The molecule has 1 aliphatic rings. The summed E-state index contributed by atoms with van der Waals surface area (Å²) in [4.78, 5) is 23.9. The Morgan fingerprint density at radius 3 is 2.35 bits per heavy atom. The molecule has 0 unspecified atom stereocenters. The first-order valence-corrected chi connectivity index (χ1v) is 7.35. The Kier molecular flexibility index (Phi) is 4.93. The van der Waals surface area contributed by atoms with Crippen LogP contribution in [0.3, 0.4) is 0 Å². The summed E-state index contributed by atoms with van der Waals surface area (Å²) >= 11 is 0. The Balaban J connectivity index is 2.28. The molecule has 124 valence electrons. The van der Waals surface area contributed by atoms with E-state index in [1.54, 1.807) is 18.2 Å². The van der Waals surface area contributed by atoms with Crippen LogP contribution in [-0.4, -0.2) is 31.4 Å². The molecule has 0 N–H and O–H groups in total. The Labute approximate surface area is 135 Å². The Bertz CT molecular complexity index is 622. The van der Waals surface area contributed by atoms with E-state index < -0.39 is 17.7 Å². The van der Waals surface area contributed by atoms with Crippen LogP contribution in [0.25, 0.3) is 6.08 Å². The van der Waals surface area contributed by atoms with E-state index in [4.69, 9.17) is 18.9 Å². The van der Waals surface area contributed by atoms with Gasteiger partial charge in [-0.3, -0.25) is 0 Å². The lowest BCUT2D eigenvalue weighted by Gasteiger charge is -2.29. The van der Waals surface area contributed by atoms with E-state index >= 15 is 0 Å². The van der Waals surface area contributed by atoms with E-state index in [9.17, 15) is 9.59 Å². The lowest BCUT2D eigenvalue weighted by Crippen LogP contribution is -2.41. The van der Waals surface area contributed by atoms with Gasteiger partial charge in [0.05, 0.1) is 13.7 Å². The molecule has 1 aliphatic heterocycles. The van der Waals surface area contributed by atoms with Crippen molar-refractivity contribution < 1.29 is 28.5 Å². The van der Waals surface area contributed by atoms with Crippen LogP contribution in [0.5, 0.6) is 11.5 Å². The van der Waals surface area contributed by atoms with Crippen molar-refractivity contribution in [3.63, 3.8) is 0 Å². The predicted molar refractivity (Wildman–Crippen MR) is 83.0 cm³/mol. The minimum atomic E-state index is -1.25. The second-order valence-electron chi connectivity index (χ2n) is 5.50. The zero-order valence-electron chi connectivity index (χ0n) is 13.7. The molecule has 2 rings (SSSR count). The van der Waals surface area contributed by atoms with Gasteiger partial charge in [0.2, 0.25) is 0 Å². The van der Waals surface area contributed by atoms with Crippen molar-refractivity contribution in [3.8, 4) is 11.5 Å². The first-order chi connectivity index (χ1) is 10.9. The highest BCUT2D eigenvalue weighted by molar-refractivity contribution is 6.18. The van der Waals surface area contributed by atoms with Crippen molar-refractivity contribution in [3.05, 3.63) is 29.3 Å². The van der Waals surface area contributed by atoms with Gasteiger partial charge in [0.1, 0.15) is 5.57 Å². The fourth-order valence-corrected chi connectivity index (χ4v) is 2.05. The minimum absolute atomic E-state index is 0.159. The van der Waals surface area contributed by atoms with Crippen molar-refractivity contribution in [1.29, 1.82) is 0 Å². The van der Waals surface area contributed by atoms with Gasteiger partial charge in [-0.2, -0.15) is 0 Å². The van der Waals surface area contributed by atoms with Gasteiger partial charge in [-0.25, -0.2) is 9.59 Å². The SMILES string of the molecule is CCCOc1ccc(C=C2C(=O)OC(C)(C)OC2=O)cc1OC. The van der Waals surface area contributed by atoms with Gasteiger partial charge in [-0.05, 0) is 30.2 Å². The minimum Gasteiger partial charge on any atom is -0.493 e. The summed E-state index contributed by atoms with van der Waals surface area (Å²) in [7, 11) is 1.52. The first-order valence-electron chi connectivity index (χ1n) is 7.35. The third-order valence-electron chi connectivity index (χ3n) is 3.08. The molecule has 0 saturated carbocycles. The molecule has 0 radical (unpaired) electrons. The first kappa shape index (κ1) is 16.9. The highest BCUT2D eigenvalue weighted by Crippen LogP contribution is 2.30. The van der Waals surface area contributed by atoms with E-state index in [0.717, 1.165) is 6.42 Å². The van der Waals surface area contributed by atoms with Crippen LogP contribution >= 0.6 is 0 Å². The number of cyclic esters (lactones) is 2. The Hall–Kier alpha value is -2.50. The summed E-state index contributed by atoms with van der Waals surface area (Å²) in [6, 6.07) is 5.13. The van der Waals surface area contributed by atoms with E-state index in [-0.39, 0.29) is 5.57 Å². The third-order valence-corrected chi connectivity index (χ3v) is 3.08. The van der Waals surface area contributed by atoms with E-state index in [1.807, 2.05) is 6.92 Å². The fraction of sp³-hybridized carbons (Fsp3) is 0.412. The maximum absolute atomic E-state index is 11.9. The number of rotatable bonds is 5. The van der Waals surface area contributed by atoms with Crippen molar-refractivity contribution in [2.75, 3.05) is 13.7 Å². The number of esters is 2. The third kappa shape index (κ3) is 4.03. The number of ether oxygens (including phenoxy) is 4. The number of hydrogen-bond donors (Lipinski definition) is 0. The van der Waals surface area contributed by atoms with Crippen LogP contribution in [0.2, 0.25) is 0 Å². The fourth-order valence-electron chi connectivity index (χ4n) is 2.05. The van der Waals surface area contributed by atoms with Crippen molar-refractivity contribution in [1.82, 2.24) is 0 Å². The second kappa shape index (κ2) is 6.73. The summed E-state index contributed by atoms with van der Waals surface area (Å²) in [6.07, 6.45) is 2.29. The molecule has 23 heavy (non-hydrogen) atoms. The Morgan fingerprint density at radius 1 is 1.13 bits per heavy atom. The molecule has 1 aromatic carbocycles. The monoisotopic (exact) mass is 320 g/mol. The number of benzene rings is 1. The zero-order valence-corrected chi connectivity index (χ0v) is 13.7. The van der Waals surface area contributed by atoms with Gasteiger partial charge >= 0.3 is 11.9 Å². The lowest BCUT2D eigenvalue weighted by atomic mass is 10.1. The summed E-state index contributed by atoms with van der Waals surface area (Å²) in [5, 5.41) is 0. The number of carbonyl (C=O) groups excluding carboxylic acids is 2. The largest absolute Gasteiger partial charge is 0.493 e. The van der Waals surface area contributed by atoms with Gasteiger partial charge in [-0.15, -0.1) is 0 Å². The summed E-state index contributed by atoms with van der Waals surface area (Å²) in [5.74, 6) is -1.55. The normalized spacial score (nSPS) is 16.4. The number of methoxy groups -OCH3 is 1. The number of carbonyl (C=O) groups is 2. The van der Waals surface area contributed by atoms with Crippen molar-refractivity contribution >= 4 is 18.0 Å². The molecular formula is C17H20O6. The molecule has 6 nitrogen and oxygen atoms in total. The van der Waals surface area contributed by atoms with Gasteiger partial charge in [0, 0.05) is 13.8 Å². The van der Waals surface area contributed by atoms with Gasteiger partial charge in [-0.1, -0.05) is 13.0 Å². The molecule has 0 aromatic heterocycles. The predicted octanol–water partition coefficient (Wildman–Crippen LogP) is 2.70. The topological polar surface area (TPSA) is 71.1 Å². The molecule has 0 bridgehead atoms. The average Bonchev–Trinajstić information content (AvgIpc) is 2.48. The summed E-state index contributed by atoms with van der Waals surface area (Å²) in [6.45, 7) is 5.59. The quantitative estimate of drug-likeness (QED) is 0.472. The lowest BCUT2D eigenvalue weighted by molar-refractivity contribution is -0.222. The maximum atomic E-state index is 11.9. The van der Waals surface area contributed by atoms with Gasteiger partial charge < -0.3 is 18.9 Å². The van der Waals surface area contributed by atoms with E-state index in [1.165, 1.54) is 27.0 Å². The van der Waals surface area contributed by atoms with E-state index in [0.29, 0.717) is 23.7 Å². The highest BCUT2D eigenvalue weighted by Gasteiger charge is 2.38. The zero-order chi connectivity index (χ0) is 17.0. The maximum Gasteiger partial charge on any atom is 0.348 e. The van der Waals surface area contributed by atoms with Crippen LogP contribution in [0, 0.1) is 0 Å². The molecule has 0 spiro atoms. The molecule has 1 heterocycles. The summed E-state index contributed by atoms with van der Waals surface area (Å²) in [5.41, 5.74) is 0.447.